The molecule has 0 atom stereocenters. The van der Waals surface area contributed by atoms with Crippen molar-refractivity contribution in [3.8, 4) is 5.75 Å². The molecule has 0 bridgehead atoms. The van der Waals surface area contributed by atoms with Crippen LogP contribution < -0.4 is 15.0 Å². The van der Waals surface area contributed by atoms with E-state index in [0.717, 1.165) is 50.6 Å². The SMILES string of the molecule is CN(CCCOc1ccc(F)cc1)CC(=O)Nc1ccc(N2CCOCC2)cc1. The number of hydrogen-bond donors (Lipinski definition) is 1. The van der Waals surface area contributed by atoms with E-state index in [0.29, 0.717) is 18.9 Å². The highest BCUT2D eigenvalue weighted by Crippen LogP contribution is 2.19. The second kappa shape index (κ2) is 10.8. The summed E-state index contributed by atoms with van der Waals surface area (Å²) in [4.78, 5) is 16.5. The molecule has 1 N–H and O–H groups in total. The normalized spacial score (nSPS) is 14.1. The lowest BCUT2D eigenvalue weighted by atomic mass is 10.2. The van der Waals surface area contributed by atoms with Gasteiger partial charge in [0.05, 0.1) is 26.4 Å². The average molecular weight is 401 g/mol. The molecule has 0 aliphatic carbocycles. The number of amides is 1. The summed E-state index contributed by atoms with van der Waals surface area (Å²) >= 11 is 0. The summed E-state index contributed by atoms with van der Waals surface area (Å²) in [5, 5.41) is 2.93. The third kappa shape index (κ3) is 7.03. The van der Waals surface area contributed by atoms with E-state index in [1.54, 1.807) is 12.1 Å². The summed E-state index contributed by atoms with van der Waals surface area (Å²) < 4.78 is 23.8. The van der Waals surface area contributed by atoms with Gasteiger partial charge in [-0.25, -0.2) is 4.39 Å². The van der Waals surface area contributed by atoms with Crippen LogP contribution in [0.15, 0.2) is 48.5 Å². The summed E-state index contributed by atoms with van der Waals surface area (Å²) in [5.74, 6) is 0.317. The van der Waals surface area contributed by atoms with Gasteiger partial charge in [0.1, 0.15) is 11.6 Å². The van der Waals surface area contributed by atoms with E-state index in [4.69, 9.17) is 9.47 Å². The van der Waals surface area contributed by atoms with E-state index >= 15 is 0 Å². The van der Waals surface area contributed by atoms with Crippen molar-refractivity contribution < 1.29 is 18.7 Å². The molecule has 0 spiro atoms. The number of anilines is 2. The first kappa shape index (κ1) is 21.1. The van der Waals surface area contributed by atoms with Gasteiger partial charge in [-0.3, -0.25) is 9.69 Å². The Morgan fingerprint density at radius 2 is 1.83 bits per heavy atom. The van der Waals surface area contributed by atoms with Crippen LogP contribution >= 0.6 is 0 Å². The number of ether oxygens (including phenoxy) is 2. The molecule has 1 amide bonds. The van der Waals surface area contributed by atoms with E-state index in [1.807, 2.05) is 36.2 Å². The van der Waals surface area contributed by atoms with Crippen molar-refractivity contribution in [1.82, 2.24) is 4.90 Å². The number of carbonyl (C=O) groups excluding carboxylic acids is 1. The van der Waals surface area contributed by atoms with Crippen LogP contribution in [0.25, 0.3) is 0 Å². The van der Waals surface area contributed by atoms with Crippen LogP contribution in [0.2, 0.25) is 0 Å². The molecule has 2 aromatic carbocycles. The zero-order valence-electron chi connectivity index (χ0n) is 16.8. The molecule has 3 rings (SSSR count). The fourth-order valence-electron chi connectivity index (χ4n) is 3.16. The monoisotopic (exact) mass is 401 g/mol. The second-order valence-corrected chi connectivity index (χ2v) is 7.09. The Hall–Kier alpha value is -2.64. The summed E-state index contributed by atoms with van der Waals surface area (Å²) in [6.07, 6.45) is 0.773. The van der Waals surface area contributed by atoms with Crippen LogP contribution in [0.3, 0.4) is 0 Å². The molecule has 1 saturated heterocycles. The van der Waals surface area contributed by atoms with Gasteiger partial charge in [0, 0.05) is 31.0 Å². The Balaban J connectivity index is 1.34. The summed E-state index contributed by atoms with van der Waals surface area (Å²) in [7, 11) is 1.90. The van der Waals surface area contributed by atoms with Gasteiger partial charge in [0.25, 0.3) is 0 Å². The topological polar surface area (TPSA) is 54.0 Å². The van der Waals surface area contributed by atoms with Crippen LogP contribution in [-0.4, -0.2) is 63.9 Å². The number of nitrogens with zero attached hydrogens (tertiary/aromatic N) is 2. The van der Waals surface area contributed by atoms with Crippen molar-refractivity contribution in [1.29, 1.82) is 0 Å². The number of hydrogen-bond acceptors (Lipinski definition) is 5. The largest absolute Gasteiger partial charge is 0.494 e. The van der Waals surface area contributed by atoms with E-state index in [1.165, 1.54) is 12.1 Å². The molecule has 1 aliphatic rings. The van der Waals surface area contributed by atoms with Gasteiger partial charge in [-0.2, -0.15) is 0 Å². The van der Waals surface area contributed by atoms with Crippen molar-refractivity contribution in [2.45, 2.75) is 6.42 Å². The zero-order valence-corrected chi connectivity index (χ0v) is 16.8. The Morgan fingerprint density at radius 3 is 2.52 bits per heavy atom. The lowest BCUT2D eigenvalue weighted by Gasteiger charge is -2.28. The summed E-state index contributed by atoms with van der Waals surface area (Å²) in [6, 6.07) is 13.9. The molecule has 0 unspecified atom stereocenters. The standard InChI is InChI=1S/C22H28FN3O3/c1-25(11-2-14-29-21-9-3-18(23)4-10-21)17-22(27)24-19-5-7-20(8-6-19)26-12-15-28-16-13-26/h3-10H,2,11-17H2,1H3,(H,24,27). The van der Waals surface area contributed by atoms with Crippen LogP contribution in [-0.2, 0) is 9.53 Å². The molecule has 0 aromatic heterocycles. The summed E-state index contributed by atoms with van der Waals surface area (Å²) in [5.41, 5.74) is 1.93. The molecule has 156 valence electrons. The molecule has 2 aromatic rings. The highest BCUT2D eigenvalue weighted by Gasteiger charge is 2.11. The third-order valence-electron chi connectivity index (χ3n) is 4.71. The second-order valence-electron chi connectivity index (χ2n) is 7.09. The fraction of sp³-hybridized carbons (Fsp3) is 0.409. The fourth-order valence-corrected chi connectivity index (χ4v) is 3.16. The Bertz CT molecular complexity index is 762. The first-order valence-corrected chi connectivity index (χ1v) is 9.90. The van der Waals surface area contributed by atoms with E-state index in [-0.39, 0.29) is 11.7 Å². The Kier molecular flexibility index (Phi) is 7.84. The molecule has 1 aliphatic heterocycles. The number of nitrogens with one attached hydrogen (secondary N) is 1. The minimum atomic E-state index is -0.279. The number of rotatable bonds is 9. The molecule has 0 saturated carbocycles. The minimum absolute atomic E-state index is 0.0499. The Labute approximate surface area is 171 Å². The molecule has 0 radical (unpaired) electrons. The van der Waals surface area contributed by atoms with E-state index < -0.39 is 0 Å². The number of likely N-dealkylation sites (N-methyl/N-ethyl adjacent to an activating group) is 1. The zero-order chi connectivity index (χ0) is 20.5. The van der Waals surface area contributed by atoms with Gasteiger partial charge in [-0.05, 0) is 62.0 Å². The van der Waals surface area contributed by atoms with Gasteiger partial charge >= 0.3 is 0 Å². The first-order chi connectivity index (χ1) is 14.1. The predicted molar refractivity (Wildman–Crippen MR) is 112 cm³/mol. The van der Waals surface area contributed by atoms with Gasteiger partial charge in [-0.15, -0.1) is 0 Å². The Morgan fingerprint density at radius 1 is 1.14 bits per heavy atom. The number of carbonyl (C=O) groups is 1. The van der Waals surface area contributed by atoms with Gasteiger partial charge in [0.2, 0.25) is 5.91 Å². The molecular weight excluding hydrogens is 373 g/mol. The molecule has 29 heavy (non-hydrogen) atoms. The van der Waals surface area contributed by atoms with Crippen LogP contribution in [0, 0.1) is 5.82 Å². The number of benzene rings is 2. The predicted octanol–water partition coefficient (Wildman–Crippen LogP) is 3.00. The lowest BCUT2D eigenvalue weighted by molar-refractivity contribution is -0.117. The number of morpholine rings is 1. The van der Waals surface area contributed by atoms with Crippen LogP contribution in [0.4, 0.5) is 15.8 Å². The molecule has 6 nitrogen and oxygen atoms in total. The molecule has 7 heteroatoms. The van der Waals surface area contributed by atoms with E-state index in [9.17, 15) is 9.18 Å². The van der Waals surface area contributed by atoms with Crippen molar-refractivity contribution in [3.05, 3.63) is 54.3 Å². The quantitative estimate of drug-likeness (QED) is 0.655. The average Bonchev–Trinajstić information content (AvgIpc) is 2.73. The van der Waals surface area contributed by atoms with E-state index in [2.05, 4.69) is 10.2 Å². The highest BCUT2D eigenvalue weighted by atomic mass is 19.1. The van der Waals surface area contributed by atoms with Gasteiger partial charge in [-0.1, -0.05) is 0 Å². The summed E-state index contributed by atoms with van der Waals surface area (Å²) in [6.45, 7) is 4.83. The molecule has 1 heterocycles. The van der Waals surface area contributed by atoms with Crippen LogP contribution in [0.5, 0.6) is 5.75 Å². The van der Waals surface area contributed by atoms with Gasteiger partial charge in [0.15, 0.2) is 0 Å². The molecular formula is C22H28FN3O3. The van der Waals surface area contributed by atoms with Crippen molar-refractivity contribution in [2.24, 2.45) is 0 Å². The van der Waals surface area contributed by atoms with Gasteiger partial charge < -0.3 is 19.7 Å². The third-order valence-corrected chi connectivity index (χ3v) is 4.71. The van der Waals surface area contributed by atoms with Crippen molar-refractivity contribution >= 4 is 17.3 Å². The van der Waals surface area contributed by atoms with Crippen molar-refractivity contribution in [3.63, 3.8) is 0 Å². The van der Waals surface area contributed by atoms with Crippen LogP contribution in [0.1, 0.15) is 6.42 Å². The maximum Gasteiger partial charge on any atom is 0.238 e. The maximum atomic E-state index is 12.9. The van der Waals surface area contributed by atoms with Crippen molar-refractivity contribution in [2.75, 3.05) is 63.3 Å². The highest BCUT2D eigenvalue weighted by molar-refractivity contribution is 5.92. The minimum Gasteiger partial charge on any atom is -0.494 e. The lowest BCUT2D eigenvalue weighted by Crippen LogP contribution is -2.36. The first-order valence-electron chi connectivity index (χ1n) is 9.90. The number of halogens is 1. The smallest absolute Gasteiger partial charge is 0.238 e. The molecule has 1 fully saturated rings. The maximum absolute atomic E-state index is 12.9.